The van der Waals surface area contributed by atoms with Gasteiger partial charge in [0.2, 0.25) is 5.89 Å². The minimum atomic E-state index is 0.565. The van der Waals surface area contributed by atoms with Gasteiger partial charge in [-0.15, -0.1) is 11.3 Å². The molecule has 55 heavy (non-hydrogen) atoms. The molecule has 0 aliphatic heterocycles. The molecule has 0 saturated heterocycles. The van der Waals surface area contributed by atoms with Gasteiger partial charge in [-0.05, 0) is 78.9 Å². The number of nitrogens with zero attached hydrogens (tertiary/aromatic N) is 3. The Balaban J connectivity index is 1.20. The van der Waals surface area contributed by atoms with Crippen LogP contribution in [0, 0.1) is 0 Å². The second-order valence-corrected chi connectivity index (χ2v) is 15.0. The van der Waals surface area contributed by atoms with Gasteiger partial charge in [0.1, 0.15) is 16.8 Å². The SMILES string of the molecule is c1ccc(-c2nc3c(N(c4ccc5c(c4)sc4ccccc45)c4ccc5c(c4)c4ccccc4n5-c4ccccc4)c4oc5ccccc5c4cc3o2)cc1. The number of rotatable bonds is 5. The van der Waals surface area contributed by atoms with Crippen molar-refractivity contribution in [1.29, 1.82) is 0 Å². The summed E-state index contributed by atoms with van der Waals surface area (Å²) in [6.07, 6.45) is 0. The topological polar surface area (TPSA) is 47.3 Å². The van der Waals surface area contributed by atoms with Crippen LogP contribution in [0.25, 0.3) is 92.2 Å². The minimum Gasteiger partial charge on any atom is -0.454 e. The van der Waals surface area contributed by atoms with E-state index in [-0.39, 0.29) is 0 Å². The summed E-state index contributed by atoms with van der Waals surface area (Å²) in [7, 11) is 0. The summed E-state index contributed by atoms with van der Waals surface area (Å²) in [6, 6.07) is 61.9. The molecule has 0 radical (unpaired) electrons. The van der Waals surface area contributed by atoms with E-state index in [2.05, 4.69) is 143 Å². The van der Waals surface area contributed by atoms with Gasteiger partial charge in [-0.3, -0.25) is 0 Å². The molecular formula is C49H29N3O2S. The van der Waals surface area contributed by atoms with Gasteiger partial charge < -0.3 is 18.3 Å². The van der Waals surface area contributed by atoms with E-state index in [9.17, 15) is 0 Å². The Morgan fingerprint density at radius 2 is 1.15 bits per heavy atom. The predicted molar refractivity (Wildman–Crippen MR) is 229 cm³/mol. The molecule has 0 saturated carbocycles. The summed E-state index contributed by atoms with van der Waals surface area (Å²) in [6.45, 7) is 0. The van der Waals surface area contributed by atoms with Crippen LogP contribution in [0.1, 0.15) is 0 Å². The molecule has 0 amide bonds. The standard InChI is InChI=1S/C49H29N3O2S/c1-3-13-30(14-4-1)49-50-46-43(54-49)29-39-35-18-8-11-21-42(35)53-48(39)47(46)51(33-23-25-37-36-19-9-12-22-44(36)55-45(37)28-33)32-24-26-41-38(27-32)34-17-7-10-20-40(34)52(41)31-15-5-2-6-16-31/h1-29H. The number of hydrogen-bond acceptors (Lipinski definition) is 5. The third-order valence-corrected chi connectivity index (χ3v) is 11.9. The van der Waals surface area contributed by atoms with Crippen LogP contribution in [0.2, 0.25) is 0 Å². The lowest BCUT2D eigenvalue weighted by Gasteiger charge is -2.26. The number of aromatic nitrogens is 2. The van der Waals surface area contributed by atoms with E-state index in [0.29, 0.717) is 11.5 Å². The number of furan rings is 1. The molecule has 0 aliphatic rings. The zero-order valence-corrected chi connectivity index (χ0v) is 30.1. The van der Waals surface area contributed by atoms with Crippen LogP contribution in [0.4, 0.5) is 17.1 Å². The molecule has 12 aromatic rings. The smallest absolute Gasteiger partial charge is 0.227 e. The zero-order chi connectivity index (χ0) is 36.0. The van der Waals surface area contributed by atoms with Gasteiger partial charge in [0.15, 0.2) is 11.2 Å². The maximum Gasteiger partial charge on any atom is 0.227 e. The van der Waals surface area contributed by atoms with Crippen molar-refractivity contribution in [2.75, 3.05) is 4.90 Å². The Bertz CT molecular complexity index is 3450. The molecule has 6 heteroatoms. The molecule has 0 bridgehead atoms. The molecule has 4 aromatic heterocycles. The van der Waals surface area contributed by atoms with Gasteiger partial charge in [0, 0.05) is 64.3 Å². The summed E-state index contributed by atoms with van der Waals surface area (Å²) < 4.78 is 18.3. The van der Waals surface area contributed by atoms with E-state index >= 15 is 0 Å². The summed E-state index contributed by atoms with van der Waals surface area (Å²) in [4.78, 5) is 7.58. The Hall–Kier alpha value is -7.15. The van der Waals surface area contributed by atoms with Gasteiger partial charge in [-0.2, -0.15) is 0 Å². The van der Waals surface area contributed by atoms with Gasteiger partial charge >= 0.3 is 0 Å². The third-order valence-electron chi connectivity index (χ3n) is 10.8. The number of benzene rings is 8. The number of para-hydroxylation sites is 3. The maximum absolute atomic E-state index is 6.86. The van der Waals surface area contributed by atoms with E-state index in [4.69, 9.17) is 13.8 Å². The maximum atomic E-state index is 6.86. The highest BCUT2D eigenvalue weighted by Crippen LogP contribution is 2.49. The fourth-order valence-corrected chi connectivity index (χ4v) is 9.49. The highest BCUT2D eigenvalue weighted by Gasteiger charge is 2.27. The molecule has 0 N–H and O–H groups in total. The molecule has 4 heterocycles. The molecule has 12 rings (SSSR count). The first-order valence-corrected chi connectivity index (χ1v) is 19.2. The van der Waals surface area contributed by atoms with Crippen molar-refractivity contribution in [1.82, 2.24) is 9.55 Å². The van der Waals surface area contributed by atoms with Crippen LogP contribution in [0.3, 0.4) is 0 Å². The third kappa shape index (κ3) is 4.55. The van der Waals surface area contributed by atoms with E-state index in [0.717, 1.165) is 72.2 Å². The van der Waals surface area contributed by atoms with E-state index in [1.807, 2.05) is 53.8 Å². The van der Waals surface area contributed by atoms with Crippen LogP contribution in [-0.2, 0) is 0 Å². The lowest BCUT2D eigenvalue weighted by Crippen LogP contribution is -2.11. The van der Waals surface area contributed by atoms with Gasteiger partial charge in [0.05, 0.1) is 11.0 Å². The first-order chi connectivity index (χ1) is 27.3. The van der Waals surface area contributed by atoms with E-state index < -0.39 is 0 Å². The Morgan fingerprint density at radius 1 is 0.473 bits per heavy atom. The van der Waals surface area contributed by atoms with Crippen LogP contribution >= 0.6 is 11.3 Å². The quantitative estimate of drug-likeness (QED) is 0.177. The first kappa shape index (κ1) is 30.3. The Labute approximate surface area is 318 Å². The first-order valence-electron chi connectivity index (χ1n) is 18.4. The lowest BCUT2D eigenvalue weighted by atomic mass is 10.1. The number of anilines is 3. The van der Waals surface area contributed by atoms with Crippen LogP contribution in [0.5, 0.6) is 0 Å². The van der Waals surface area contributed by atoms with Crippen LogP contribution in [0.15, 0.2) is 185 Å². The summed E-state index contributed by atoms with van der Waals surface area (Å²) in [5.41, 5.74) is 10.2. The second kappa shape index (κ2) is 11.7. The normalized spacial score (nSPS) is 12.0. The molecule has 0 aliphatic carbocycles. The van der Waals surface area contributed by atoms with Gasteiger partial charge in [-0.1, -0.05) is 97.1 Å². The Morgan fingerprint density at radius 3 is 2.02 bits per heavy atom. The lowest BCUT2D eigenvalue weighted by molar-refractivity contribution is 0.620. The van der Waals surface area contributed by atoms with E-state index in [1.54, 1.807) is 0 Å². The molecular weight excluding hydrogens is 695 g/mol. The molecule has 5 nitrogen and oxygen atoms in total. The van der Waals surface area contributed by atoms with Crippen LogP contribution in [-0.4, -0.2) is 9.55 Å². The van der Waals surface area contributed by atoms with Crippen molar-refractivity contribution in [3.8, 4) is 17.1 Å². The molecule has 0 fully saturated rings. The molecule has 0 atom stereocenters. The molecule has 0 spiro atoms. The second-order valence-electron chi connectivity index (χ2n) is 13.9. The predicted octanol–water partition coefficient (Wildman–Crippen LogP) is 14.3. The molecule has 8 aromatic carbocycles. The number of hydrogen-bond donors (Lipinski definition) is 0. The average molecular weight is 724 g/mol. The monoisotopic (exact) mass is 723 g/mol. The van der Waals surface area contributed by atoms with Crippen molar-refractivity contribution < 1.29 is 8.83 Å². The van der Waals surface area contributed by atoms with Crippen molar-refractivity contribution >= 4 is 103 Å². The summed E-state index contributed by atoms with van der Waals surface area (Å²) in [5, 5.41) is 6.85. The fraction of sp³-hybridized carbons (Fsp3) is 0. The van der Waals surface area contributed by atoms with Crippen molar-refractivity contribution in [3.63, 3.8) is 0 Å². The number of oxazole rings is 1. The zero-order valence-electron chi connectivity index (χ0n) is 29.3. The van der Waals surface area contributed by atoms with Gasteiger partial charge in [0.25, 0.3) is 0 Å². The molecule has 258 valence electrons. The van der Waals surface area contributed by atoms with Gasteiger partial charge in [-0.25, -0.2) is 4.98 Å². The van der Waals surface area contributed by atoms with E-state index in [1.165, 1.54) is 25.6 Å². The minimum absolute atomic E-state index is 0.565. The molecule has 0 unspecified atom stereocenters. The largest absolute Gasteiger partial charge is 0.454 e. The van der Waals surface area contributed by atoms with Crippen molar-refractivity contribution in [2.45, 2.75) is 0 Å². The summed E-state index contributed by atoms with van der Waals surface area (Å²) >= 11 is 1.81. The van der Waals surface area contributed by atoms with Crippen molar-refractivity contribution in [2.24, 2.45) is 0 Å². The highest BCUT2D eigenvalue weighted by atomic mass is 32.1. The summed E-state index contributed by atoms with van der Waals surface area (Å²) in [5.74, 6) is 0.565. The Kier molecular flexibility index (Phi) is 6.44. The fourth-order valence-electron chi connectivity index (χ4n) is 8.35. The highest BCUT2D eigenvalue weighted by molar-refractivity contribution is 7.25. The number of fused-ring (bicyclic) bond motifs is 10. The number of thiophene rings is 1. The van der Waals surface area contributed by atoms with Crippen molar-refractivity contribution in [3.05, 3.63) is 176 Å². The average Bonchev–Trinajstić information content (AvgIpc) is 4.02. The van der Waals surface area contributed by atoms with Crippen LogP contribution < -0.4 is 4.90 Å².